The molecule has 0 bridgehead atoms. The van der Waals surface area contributed by atoms with Crippen molar-refractivity contribution in [3.05, 3.63) is 66.7 Å². The number of para-hydroxylation sites is 1. The minimum absolute atomic E-state index is 0.504. The number of hydrogen-bond acceptors (Lipinski definition) is 3. The summed E-state index contributed by atoms with van der Waals surface area (Å²) >= 11 is 0. The molecule has 3 nitrogen and oxygen atoms in total. The van der Waals surface area contributed by atoms with E-state index >= 15 is 0 Å². The number of benzene rings is 2. The molecule has 0 saturated carbocycles. The molecular formula is C16H17NO2S. The Bertz CT molecular complexity index is 729. The van der Waals surface area contributed by atoms with Gasteiger partial charge in [-0.1, -0.05) is 49.0 Å². The van der Waals surface area contributed by atoms with Gasteiger partial charge in [0.15, 0.2) is 0 Å². The fraction of sp³-hybridized carbons (Fsp3) is 0.125. The van der Waals surface area contributed by atoms with Gasteiger partial charge in [-0.15, -0.1) is 0 Å². The summed E-state index contributed by atoms with van der Waals surface area (Å²) in [4.78, 5) is 0.583. The van der Waals surface area contributed by atoms with E-state index < -0.39 is 9.73 Å². The van der Waals surface area contributed by atoms with Crippen molar-refractivity contribution in [3.8, 4) is 5.75 Å². The predicted octanol–water partition coefficient (Wildman–Crippen LogP) is 3.82. The monoisotopic (exact) mass is 287 g/mol. The lowest BCUT2D eigenvalue weighted by Crippen LogP contribution is -2.01. The Balaban J connectivity index is 2.47. The second-order valence-corrected chi connectivity index (χ2v) is 6.58. The molecule has 0 aromatic heterocycles. The highest BCUT2D eigenvalue weighted by Crippen LogP contribution is 2.26. The molecule has 20 heavy (non-hydrogen) atoms. The smallest absolute Gasteiger partial charge is 0.135 e. The zero-order valence-corrected chi connectivity index (χ0v) is 12.4. The van der Waals surface area contributed by atoms with Crippen LogP contribution in [0.25, 0.3) is 5.70 Å². The third-order valence-corrected chi connectivity index (χ3v) is 4.59. The van der Waals surface area contributed by atoms with E-state index in [1.807, 2.05) is 42.5 Å². The average molecular weight is 287 g/mol. The zero-order valence-electron chi connectivity index (χ0n) is 11.6. The van der Waals surface area contributed by atoms with Crippen molar-refractivity contribution < 1.29 is 8.95 Å². The van der Waals surface area contributed by atoms with E-state index in [0.29, 0.717) is 16.3 Å². The molecule has 2 aromatic carbocycles. The molecule has 2 aromatic rings. The first kappa shape index (κ1) is 14.3. The van der Waals surface area contributed by atoms with Gasteiger partial charge in [-0.25, -0.2) is 4.21 Å². The van der Waals surface area contributed by atoms with Crippen LogP contribution in [0.4, 0.5) is 0 Å². The van der Waals surface area contributed by atoms with Crippen molar-refractivity contribution in [2.24, 2.45) is 4.36 Å². The SMILES string of the molecule is C=C(N=S(C)(=O)c1ccccc1OC)c1ccccc1. The van der Waals surface area contributed by atoms with Crippen LogP contribution in [0.5, 0.6) is 5.75 Å². The van der Waals surface area contributed by atoms with Gasteiger partial charge >= 0.3 is 0 Å². The summed E-state index contributed by atoms with van der Waals surface area (Å²) in [6, 6.07) is 16.7. The van der Waals surface area contributed by atoms with Crippen LogP contribution >= 0.6 is 0 Å². The molecule has 0 heterocycles. The molecule has 4 heteroatoms. The van der Waals surface area contributed by atoms with Gasteiger partial charge < -0.3 is 4.74 Å². The van der Waals surface area contributed by atoms with Crippen LogP contribution in [0, 0.1) is 0 Å². The molecule has 0 saturated heterocycles. The summed E-state index contributed by atoms with van der Waals surface area (Å²) in [5.74, 6) is 0.574. The van der Waals surface area contributed by atoms with Gasteiger partial charge in [0.05, 0.1) is 27.4 Å². The highest BCUT2D eigenvalue weighted by molar-refractivity contribution is 7.93. The summed E-state index contributed by atoms with van der Waals surface area (Å²) in [6.07, 6.45) is 1.60. The predicted molar refractivity (Wildman–Crippen MR) is 83.2 cm³/mol. The van der Waals surface area contributed by atoms with Crippen LogP contribution in [0.1, 0.15) is 5.56 Å². The van der Waals surface area contributed by atoms with Gasteiger partial charge in [0.1, 0.15) is 5.75 Å². The lowest BCUT2D eigenvalue weighted by Gasteiger charge is -2.10. The summed E-state index contributed by atoms with van der Waals surface area (Å²) in [5.41, 5.74) is 1.36. The average Bonchev–Trinajstić information content (AvgIpc) is 2.47. The second-order valence-electron chi connectivity index (χ2n) is 4.36. The van der Waals surface area contributed by atoms with Gasteiger partial charge in [-0.05, 0) is 12.1 Å². The third-order valence-electron chi connectivity index (χ3n) is 2.87. The van der Waals surface area contributed by atoms with E-state index in [1.165, 1.54) is 0 Å². The molecule has 0 N–H and O–H groups in total. The van der Waals surface area contributed by atoms with E-state index in [2.05, 4.69) is 10.9 Å². The van der Waals surface area contributed by atoms with Crippen LogP contribution in [0.2, 0.25) is 0 Å². The molecule has 104 valence electrons. The summed E-state index contributed by atoms with van der Waals surface area (Å²) in [7, 11) is -1.04. The highest BCUT2D eigenvalue weighted by atomic mass is 32.2. The molecule has 0 aliphatic carbocycles. The standard InChI is InChI=1S/C16H17NO2S/c1-13(14-9-5-4-6-10-14)17-20(3,18)16-12-8-7-11-15(16)19-2/h4-12H,1H2,2-3H3. The minimum Gasteiger partial charge on any atom is -0.495 e. The van der Waals surface area contributed by atoms with Crippen LogP contribution in [0.3, 0.4) is 0 Å². The molecule has 1 atom stereocenters. The van der Waals surface area contributed by atoms with Gasteiger partial charge in [0.25, 0.3) is 0 Å². The van der Waals surface area contributed by atoms with E-state index in [0.717, 1.165) is 5.56 Å². The Morgan fingerprint density at radius 2 is 1.70 bits per heavy atom. The lowest BCUT2D eigenvalue weighted by atomic mass is 10.2. The number of rotatable bonds is 4. The normalized spacial score (nSPS) is 13.3. The van der Waals surface area contributed by atoms with Gasteiger partial charge in [0.2, 0.25) is 0 Å². The molecule has 0 aliphatic heterocycles. The number of methoxy groups -OCH3 is 1. The Morgan fingerprint density at radius 3 is 2.35 bits per heavy atom. The van der Waals surface area contributed by atoms with Crippen molar-refractivity contribution in [2.45, 2.75) is 4.90 Å². The summed E-state index contributed by atoms with van der Waals surface area (Å²) in [6.45, 7) is 3.90. The Kier molecular flexibility index (Phi) is 4.25. The van der Waals surface area contributed by atoms with Crippen molar-refractivity contribution in [2.75, 3.05) is 13.4 Å². The Hall–Kier alpha value is -2.07. The maximum absolute atomic E-state index is 12.8. The maximum atomic E-state index is 12.8. The van der Waals surface area contributed by atoms with E-state index in [4.69, 9.17) is 4.74 Å². The Morgan fingerprint density at radius 1 is 1.10 bits per heavy atom. The second kappa shape index (κ2) is 5.92. The third kappa shape index (κ3) is 3.08. The van der Waals surface area contributed by atoms with Crippen molar-refractivity contribution in [1.29, 1.82) is 0 Å². The van der Waals surface area contributed by atoms with Crippen LogP contribution in [-0.2, 0) is 9.73 Å². The molecular weight excluding hydrogens is 270 g/mol. The molecule has 0 fully saturated rings. The highest BCUT2D eigenvalue weighted by Gasteiger charge is 2.12. The fourth-order valence-electron chi connectivity index (χ4n) is 1.87. The molecule has 0 spiro atoms. The van der Waals surface area contributed by atoms with Crippen LogP contribution in [-0.4, -0.2) is 17.6 Å². The van der Waals surface area contributed by atoms with Gasteiger partial charge in [-0.3, -0.25) is 0 Å². The van der Waals surface area contributed by atoms with E-state index in [-0.39, 0.29) is 0 Å². The van der Waals surface area contributed by atoms with Crippen molar-refractivity contribution >= 4 is 15.4 Å². The minimum atomic E-state index is -2.60. The first-order valence-corrected chi connectivity index (χ1v) is 8.06. The topological polar surface area (TPSA) is 38.7 Å². The summed E-state index contributed by atoms with van der Waals surface area (Å²) < 4.78 is 22.4. The van der Waals surface area contributed by atoms with Crippen molar-refractivity contribution in [3.63, 3.8) is 0 Å². The van der Waals surface area contributed by atoms with Crippen LogP contribution < -0.4 is 4.74 Å². The maximum Gasteiger partial charge on any atom is 0.135 e. The number of ether oxygens (including phenoxy) is 1. The first-order chi connectivity index (χ1) is 9.54. The first-order valence-electron chi connectivity index (χ1n) is 6.14. The quantitative estimate of drug-likeness (QED) is 0.857. The number of hydrogen-bond donors (Lipinski definition) is 0. The van der Waals surface area contributed by atoms with Gasteiger partial charge in [0, 0.05) is 11.8 Å². The van der Waals surface area contributed by atoms with Crippen LogP contribution in [0.15, 0.2) is 70.4 Å². The van der Waals surface area contributed by atoms with Gasteiger partial charge in [-0.2, -0.15) is 4.36 Å². The zero-order chi connectivity index (χ0) is 14.6. The fourth-order valence-corrected chi connectivity index (χ4v) is 3.35. The van der Waals surface area contributed by atoms with Crippen molar-refractivity contribution in [1.82, 2.24) is 0 Å². The summed E-state index contributed by atoms with van der Waals surface area (Å²) in [5, 5.41) is 0. The molecule has 1 unspecified atom stereocenters. The molecule has 0 radical (unpaired) electrons. The molecule has 0 aliphatic rings. The molecule has 0 amide bonds. The Labute approximate surface area is 120 Å². The largest absolute Gasteiger partial charge is 0.495 e. The van der Waals surface area contributed by atoms with E-state index in [1.54, 1.807) is 25.5 Å². The number of nitrogens with zero attached hydrogens (tertiary/aromatic N) is 1. The molecule has 2 rings (SSSR count). The lowest BCUT2D eigenvalue weighted by molar-refractivity contribution is 0.404. The van der Waals surface area contributed by atoms with E-state index in [9.17, 15) is 4.21 Å².